The van der Waals surface area contributed by atoms with Crippen molar-refractivity contribution in [3.05, 3.63) is 29.8 Å². The Hall–Kier alpha value is -1.11. The second-order valence-electron chi connectivity index (χ2n) is 4.42. The molecule has 1 aromatic carbocycles. The number of nitrogens with zero attached hydrogens (tertiary/aromatic N) is 2. The molecule has 5 nitrogen and oxygen atoms in total. The van der Waals surface area contributed by atoms with Gasteiger partial charge in [0.05, 0.1) is 5.69 Å². The molecular formula is C12H21N3O2S. The van der Waals surface area contributed by atoms with E-state index in [0.29, 0.717) is 12.2 Å². The quantitative estimate of drug-likeness (QED) is 0.874. The van der Waals surface area contributed by atoms with E-state index < -0.39 is 10.2 Å². The third-order valence-electron chi connectivity index (χ3n) is 2.99. The molecule has 1 aromatic rings. The number of para-hydroxylation sites is 1. The Bertz CT molecular complexity index is 500. The van der Waals surface area contributed by atoms with Gasteiger partial charge in [0, 0.05) is 26.7 Å². The van der Waals surface area contributed by atoms with Gasteiger partial charge in [0.2, 0.25) is 0 Å². The smallest absolute Gasteiger partial charge is 0.303 e. The predicted octanol–water partition coefficient (Wildman–Crippen LogP) is 1.17. The minimum atomic E-state index is -3.51. The molecule has 0 heterocycles. The SMILES string of the molecule is CC(C)N(C)S(=O)(=O)N(C)c1ccccc1CN. The van der Waals surface area contributed by atoms with Gasteiger partial charge in [0.15, 0.2) is 0 Å². The number of nitrogens with two attached hydrogens (primary N) is 1. The van der Waals surface area contributed by atoms with E-state index >= 15 is 0 Å². The first-order valence-electron chi connectivity index (χ1n) is 5.82. The summed E-state index contributed by atoms with van der Waals surface area (Å²) in [5.74, 6) is 0. The molecule has 0 atom stereocenters. The van der Waals surface area contributed by atoms with Crippen molar-refractivity contribution in [2.24, 2.45) is 5.73 Å². The molecule has 18 heavy (non-hydrogen) atoms. The highest BCUT2D eigenvalue weighted by Gasteiger charge is 2.26. The third kappa shape index (κ3) is 2.82. The van der Waals surface area contributed by atoms with Crippen molar-refractivity contribution in [1.29, 1.82) is 0 Å². The topological polar surface area (TPSA) is 66.6 Å². The zero-order chi connectivity index (χ0) is 13.9. The van der Waals surface area contributed by atoms with Crippen LogP contribution in [0.2, 0.25) is 0 Å². The Kier molecular flexibility index (Phi) is 4.72. The molecule has 0 fully saturated rings. The van der Waals surface area contributed by atoms with Crippen LogP contribution < -0.4 is 10.0 Å². The van der Waals surface area contributed by atoms with Crippen LogP contribution in [0, 0.1) is 0 Å². The van der Waals surface area contributed by atoms with E-state index in [1.807, 2.05) is 26.0 Å². The Balaban J connectivity index is 3.18. The van der Waals surface area contributed by atoms with Crippen LogP contribution in [-0.4, -0.2) is 32.9 Å². The summed E-state index contributed by atoms with van der Waals surface area (Å²) in [6, 6.07) is 7.14. The van der Waals surface area contributed by atoms with Crippen molar-refractivity contribution in [2.75, 3.05) is 18.4 Å². The van der Waals surface area contributed by atoms with Gasteiger partial charge < -0.3 is 5.73 Å². The zero-order valence-corrected chi connectivity index (χ0v) is 12.1. The number of hydrogen-bond acceptors (Lipinski definition) is 3. The van der Waals surface area contributed by atoms with Crippen LogP contribution in [0.4, 0.5) is 5.69 Å². The van der Waals surface area contributed by atoms with E-state index in [2.05, 4.69) is 0 Å². The van der Waals surface area contributed by atoms with Gasteiger partial charge in [-0.1, -0.05) is 18.2 Å². The normalized spacial score (nSPS) is 12.2. The molecule has 0 saturated carbocycles. The molecule has 0 radical (unpaired) electrons. The fourth-order valence-electron chi connectivity index (χ4n) is 1.57. The van der Waals surface area contributed by atoms with Crippen LogP contribution in [0.25, 0.3) is 0 Å². The van der Waals surface area contributed by atoms with Crippen molar-refractivity contribution in [3.8, 4) is 0 Å². The molecule has 0 aliphatic rings. The van der Waals surface area contributed by atoms with Crippen LogP contribution in [0.5, 0.6) is 0 Å². The first-order chi connectivity index (χ1) is 8.32. The lowest BCUT2D eigenvalue weighted by molar-refractivity contribution is 0.409. The zero-order valence-electron chi connectivity index (χ0n) is 11.3. The highest BCUT2D eigenvalue weighted by Crippen LogP contribution is 2.23. The van der Waals surface area contributed by atoms with Crippen LogP contribution in [0.1, 0.15) is 19.4 Å². The molecule has 0 amide bonds. The van der Waals surface area contributed by atoms with Crippen molar-refractivity contribution in [2.45, 2.75) is 26.4 Å². The van der Waals surface area contributed by atoms with Crippen LogP contribution >= 0.6 is 0 Å². The molecule has 0 aliphatic carbocycles. The molecule has 0 aliphatic heterocycles. The molecule has 0 saturated heterocycles. The Morgan fingerprint density at radius 3 is 2.28 bits per heavy atom. The molecule has 1 rings (SSSR count). The maximum Gasteiger partial charge on any atom is 0.303 e. The van der Waals surface area contributed by atoms with E-state index in [0.717, 1.165) is 5.56 Å². The fourth-order valence-corrected chi connectivity index (χ4v) is 2.92. The molecule has 0 spiro atoms. The Morgan fingerprint density at radius 2 is 1.78 bits per heavy atom. The largest absolute Gasteiger partial charge is 0.326 e. The number of anilines is 1. The van der Waals surface area contributed by atoms with Crippen molar-refractivity contribution < 1.29 is 8.42 Å². The van der Waals surface area contributed by atoms with Gasteiger partial charge >= 0.3 is 10.2 Å². The highest BCUT2D eigenvalue weighted by molar-refractivity contribution is 7.90. The van der Waals surface area contributed by atoms with Crippen molar-refractivity contribution >= 4 is 15.9 Å². The van der Waals surface area contributed by atoms with E-state index in [-0.39, 0.29) is 6.04 Å². The minimum absolute atomic E-state index is 0.0949. The molecule has 2 N–H and O–H groups in total. The van der Waals surface area contributed by atoms with Crippen LogP contribution in [0.3, 0.4) is 0 Å². The van der Waals surface area contributed by atoms with Gasteiger partial charge in [0.25, 0.3) is 0 Å². The first kappa shape index (κ1) is 14.9. The summed E-state index contributed by atoms with van der Waals surface area (Å²) >= 11 is 0. The second-order valence-corrected chi connectivity index (χ2v) is 6.44. The summed E-state index contributed by atoms with van der Waals surface area (Å²) in [6.07, 6.45) is 0. The molecule has 0 aromatic heterocycles. The Morgan fingerprint density at radius 1 is 1.22 bits per heavy atom. The summed E-state index contributed by atoms with van der Waals surface area (Å²) in [5, 5.41) is 0. The summed E-state index contributed by atoms with van der Waals surface area (Å²) in [7, 11) is -0.397. The van der Waals surface area contributed by atoms with Gasteiger partial charge in [-0.15, -0.1) is 0 Å². The van der Waals surface area contributed by atoms with E-state index in [1.165, 1.54) is 8.61 Å². The number of rotatable bonds is 5. The van der Waals surface area contributed by atoms with Gasteiger partial charge in [-0.3, -0.25) is 4.31 Å². The number of benzene rings is 1. The monoisotopic (exact) mass is 271 g/mol. The Labute approximate surface area is 109 Å². The first-order valence-corrected chi connectivity index (χ1v) is 7.22. The van der Waals surface area contributed by atoms with Gasteiger partial charge in [-0.05, 0) is 25.5 Å². The van der Waals surface area contributed by atoms with Gasteiger partial charge in [0.1, 0.15) is 0 Å². The predicted molar refractivity (Wildman–Crippen MR) is 74.6 cm³/mol. The summed E-state index contributed by atoms with van der Waals surface area (Å²) in [4.78, 5) is 0. The summed E-state index contributed by atoms with van der Waals surface area (Å²) in [5.41, 5.74) is 7.06. The van der Waals surface area contributed by atoms with Crippen LogP contribution in [-0.2, 0) is 16.8 Å². The summed E-state index contributed by atoms with van der Waals surface area (Å²) < 4.78 is 27.3. The maximum atomic E-state index is 12.4. The molecule has 102 valence electrons. The standard InChI is InChI=1S/C12H21N3O2S/c1-10(2)14(3)18(16,17)15(4)12-8-6-5-7-11(12)9-13/h5-8,10H,9,13H2,1-4H3. The lowest BCUT2D eigenvalue weighted by Crippen LogP contribution is -2.43. The molecule has 0 unspecified atom stereocenters. The summed E-state index contributed by atoms with van der Waals surface area (Å²) in [6.45, 7) is 3.97. The van der Waals surface area contributed by atoms with Crippen LogP contribution in [0.15, 0.2) is 24.3 Å². The lowest BCUT2D eigenvalue weighted by Gasteiger charge is -2.29. The number of hydrogen-bond donors (Lipinski definition) is 1. The highest BCUT2D eigenvalue weighted by atomic mass is 32.2. The minimum Gasteiger partial charge on any atom is -0.326 e. The van der Waals surface area contributed by atoms with E-state index in [9.17, 15) is 8.42 Å². The third-order valence-corrected chi connectivity index (χ3v) is 5.03. The van der Waals surface area contributed by atoms with Crippen molar-refractivity contribution in [3.63, 3.8) is 0 Å². The average molecular weight is 271 g/mol. The van der Waals surface area contributed by atoms with Crippen molar-refractivity contribution in [1.82, 2.24) is 4.31 Å². The van der Waals surface area contributed by atoms with E-state index in [1.54, 1.807) is 26.2 Å². The second kappa shape index (κ2) is 5.69. The average Bonchev–Trinajstić information content (AvgIpc) is 2.36. The van der Waals surface area contributed by atoms with Gasteiger partial charge in [-0.25, -0.2) is 0 Å². The molecule has 6 heteroatoms. The van der Waals surface area contributed by atoms with E-state index in [4.69, 9.17) is 5.73 Å². The fraction of sp³-hybridized carbons (Fsp3) is 0.500. The maximum absolute atomic E-state index is 12.4. The molecular weight excluding hydrogens is 250 g/mol. The molecule has 0 bridgehead atoms. The van der Waals surface area contributed by atoms with Gasteiger partial charge in [-0.2, -0.15) is 12.7 Å². The lowest BCUT2D eigenvalue weighted by atomic mass is 10.2.